The van der Waals surface area contributed by atoms with E-state index in [1.807, 2.05) is 6.07 Å². The Balaban J connectivity index is 1.83. The molecule has 1 aromatic heterocycles. The van der Waals surface area contributed by atoms with Crippen LogP contribution in [0.3, 0.4) is 0 Å². The molecule has 2 fully saturated rings. The molecule has 2 atom stereocenters. The predicted molar refractivity (Wildman–Crippen MR) is 66.7 cm³/mol. The zero-order valence-corrected chi connectivity index (χ0v) is 10.2. The molecule has 1 aliphatic heterocycles. The van der Waals surface area contributed by atoms with Crippen LogP contribution in [0.4, 0.5) is 14.6 Å². The van der Waals surface area contributed by atoms with Crippen LogP contribution in [0.15, 0.2) is 30.5 Å². The molecule has 0 bridgehead atoms. The summed E-state index contributed by atoms with van der Waals surface area (Å²) >= 11 is 0. The molecule has 5 heteroatoms. The third-order valence-corrected chi connectivity index (χ3v) is 4.43. The van der Waals surface area contributed by atoms with Gasteiger partial charge >= 0.3 is 0 Å². The number of anilines is 1. The fourth-order valence-corrected chi connectivity index (χ4v) is 3.51. The number of benzene rings is 1. The smallest absolute Gasteiger partial charge is 0.128 e. The molecule has 1 aliphatic carbocycles. The van der Waals surface area contributed by atoms with E-state index in [4.69, 9.17) is 0 Å². The van der Waals surface area contributed by atoms with Gasteiger partial charge in [0.25, 0.3) is 0 Å². The van der Waals surface area contributed by atoms with Crippen molar-refractivity contribution in [1.82, 2.24) is 10.2 Å². The van der Waals surface area contributed by atoms with Crippen molar-refractivity contribution in [3.8, 4) is 0 Å². The van der Waals surface area contributed by atoms with Crippen LogP contribution in [-0.4, -0.2) is 16.7 Å². The highest BCUT2D eigenvalue weighted by Crippen LogP contribution is 2.63. The second kappa shape index (κ2) is 3.56. The van der Waals surface area contributed by atoms with Crippen LogP contribution in [0.25, 0.3) is 0 Å². The minimum Gasteiger partial charge on any atom is -0.347 e. The minimum atomic E-state index is -0.382. The van der Waals surface area contributed by atoms with Crippen molar-refractivity contribution >= 4 is 5.82 Å². The lowest BCUT2D eigenvalue weighted by atomic mass is 10.0. The normalized spacial score (nSPS) is 28.5. The summed E-state index contributed by atoms with van der Waals surface area (Å²) in [7, 11) is 0. The average molecular weight is 261 g/mol. The van der Waals surface area contributed by atoms with E-state index in [1.54, 1.807) is 6.20 Å². The third-order valence-electron chi connectivity index (χ3n) is 4.43. The van der Waals surface area contributed by atoms with Gasteiger partial charge < -0.3 is 4.90 Å². The van der Waals surface area contributed by atoms with E-state index in [2.05, 4.69) is 15.1 Å². The fraction of sp³-hybridized carbons (Fsp3) is 0.357. The second-order valence-corrected chi connectivity index (χ2v) is 5.33. The first-order valence-electron chi connectivity index (χ1n) is 6.44. The second-order valence-electron chi connectivity index (χ2n) is 5.33. The van der Waals surface area contributed by atoms with Crippen LogP contribution in [-0.2, 0) is 5.54 Å². The first kappa shape index (κ1) is 11.0. The van der Waals surface area contributed by atoms with Crippen LogP contribution < -0.4 is 4.90 Å². The van der Waals surface area contributed by atoms with Gasteiger partial charge in [-0.1, -0.05) is 0 Å². The quantitative estimate of drug-likeness (QED) is 0.901. The van der Waals surface area contributed by atoms with Crippen LogP contribution in [0.2, 0.25) is 0 Å². The molecule has 1 saturated carbocycles. The molecule has 1 saturated heterocycles. The fourth-order valence-electron chi connectivity index (χ4n) is 3.51. The Labute approximate surface area is 109 Å². The molecular formula is C14H13F2N3. The van der Waals surface area contributed by atoms with Gasteiger partial charge in [0.1, 0.15) is 17.5 Å². The van der Waals surface area contributed by atoms with Crippen molar-refractivity contribution in [2.75, 3.05) is 11.4 Å². The number of nitrogens with one attached hydrogen (secondary N) is 1. The van der Waals surface area contributed by atoms with Crippen LogP contribution >= 0.6 is 0 Å². The lowest BCUT2D eigenvalue weighted by Crippen LogP contribution is -2.34. The average Bonchev–Trinajstić information content (AvgIpc) is 2.80. The number of aromatic nitrogens is 2. The van der Waals surface area contributed by atoms with Gasteiger partial charge in [0.05, 0.1) is 11.7 Å². The summed E-state index contributed by atoms with van der Waals surface area (Å²) < 4.78 is 27.5. The van der Waals surface area contributed by atoms with Crippen molar-refractivity contribution in [3.05, 3.63) is 47.7 Å². The monoisotopic (exact) mass is 261 g/mol. The summed E-state index contributed by atoms with van der Waals surface area (Å²) in [6, 6.07) is 5.60. The summed E-state index contributed by atoms with van der Waals surface area (Å²) in [5.41, 5.74) is 0.100. The van der Waals surface area contributed by atoms with E-state index in [1.165, 1.54) is 18.2 Å². The molecule has 1 N–H and O–H groups in total. The Morgan fingerprint density at radius 2 is 2.21 bits per heavy atom. The molecule has 1 aromatic carbocycles. The number of halogens is 2. The molecule has 0 radical (unpaired) electrons. The van der Waals surface area contributed by atoms with Gasteiger partial charge in [0.2, 0.25) is 0 Å². The molecule has 2 heterocycles. The Bertz CT molecular complexity index is 626. The van der Waals surface area contributed by atoms with Crippen molar-refractivity contribution in [2.45, 2.75) is 18.4 Å². The van der Waals surface area contributed by atoms with Crippen LogP contribution in [0, 0.1) is 17.6 Å². The molecule has 2 aromatic rings. The summed E-state index contributed by atoms with van der Waals surface area (Å²) in [5, 5.41) is 6.87. The molecule has 98 valence electrons. The number of fused-ring (bicyclic) bond motifs is 1. The number of rotatable bonds is 2. The molecular weight excluding hydrogens is 248 g/mol. The number of hydrogen-bond acceptors (Lipinski definition) is 2. The van der Waals surface area contributed by atoms with Gasteiger partial charge in [-0.3, -0.25) is 5.10 Å². The highest BCUT2D eigenvalue weighted by Gasteiger charge is 2.64. The van der Waals surface area contributed by atoms with Crippen molar-refractivity contribution in [1.29, 1.82) is 0 Å². The molecule has 4 rings (SSSR count). The molecule has 2 aliphatic rings. The number of piperidine rings is 1. The maximum absolute atomic E-state index is 14.1. The summed E-state index contributed by atoms with van der Waals surface area (Å²) in [4.78, 5) is 2.13. The van der Waals surface area contributed by atoms with Gasteiger partial charge in [-0.25, -0.2) is 8.78 Å². The van der Waals surface area contributed by atoms with Crippen LogP contribution in [0.5, 0.6) is 0 Å². The number of hydrogen-bond donors (Lipinski definition) is 1. The largest absolute Gasteiger partial charge is 0.347 e. The molecule has 3 nitrogen and oxygen atoms in total. The predicted octanol–water partition coefficient (Wildman–Crippen LogP) is 2.81. The highest BCUT2D eigenvalue weighted by atomic mass is 19.1. The summed E-state index contributed by atoms with van der Waals surface area (Å²) in [6.45, 7) is 0.850. The Hall–Kier alpha value is -1.91. The van der Waals surface area contributed by atoms with E-state index in [0.717, 1.165) is 25.2 Å². The zero-order valence-electron chi connectivity index (χ0n) is 10.2. The molecule has 0 spiro atoms. The van der Waals surface area contributed by atoms with Crippen LogP contribution in [0.1, 0.15) is 18.4 Å². The first-order chi connectivity index (χ1) is 9.22. The van der Waals surface area contributed by atoms with E-state index >= 15 is 0 Å². The summed E-state index contributed by atoms with van der Waals surface area (Å²) in [5.74, 6) is 0.582. The number of aromatic amines is 1. The third kappa shape index (κ3) is 1.38. The Kier molecular flexibility index (Phi) is 2.05. The minimum absolute atomic E-state index is 0.324. The van der Waals surface area contributed by atoms with Gasteiger partial charge in [-0.2, -0.15) is 5.10 Å². The van der Waals surface area contributed by atoms with Gasteiger partial charge in [-0.15, -0.1) is 0 Å². The maximum Gasteiger partial charge on any atom is 0.128 e. The highest BCUT2D eigenvalue weighted by molar-refractivity contribution is 5.53. The van der Waals surface area contributed by atoms with Crippen molar-refractivity contribution in [2.24, 2.45) is 5.92 Å². The Morgan fingerprint density at radius 3 is 2.95 bits per heavy atom. The van der Waals surface area contributed by atoms with E-state index < -0.39 is 0 Å². The standard InChI is InChI=1S/C14H13F2N3/c15-10-1-2-12(16)11(7-10)14-8-9(14)4-6-19(14)13-3-5-17-18-13/h1-3,5,7,9H,4,6,8H2,(H,17,18)/t9-,14?/m0/s1. The number of nitrogens with zero attached hydrogens (tertiary/aromatic N) is 2. The lowest BCUT2D eigenvalue weighted by Gasteiger charge is -2.29. The van der Waals surface area contributed by atoms with Gasteiger partial charge in [0, 0.05) is 18.2 Å². The molecule has 1 unspecified atom stereocenters. The van der Waals surface area contributed by atoms with Gasteiger partial charge in [0.15, 0.2) is 0 Å². The SMILES string of the molecule is Fc1ccc(F)c(C23C[C@@H]2CCN3c2ccn[nH]2)c1. The molecule has 0 amide bonds. The van der Waals surface area contributed by atoms with E-state index in [0.29, 0.717) is 11.5 Å². The van der Waals surface area contributed by atoms with Crippen molar-refractivity contribution < 1.29 is 8.78 Å². The number of H-pyrrole nitrogens is 1. The Morgan fingerprint density at radius 1 is 1.32 bits per heavy atom. The maximum atomic E-state index is 14.1. The topological polar surface area (TPSA) is 31.9 Å². The first-order valence-corrected chi connectivity index (χ1v) is 6.44. The molecule has 19 heavy (non-hydrogen) atoms. The zero-order chi connectivity index (χ0) is 13.0. The van der Waals surface area contributed by atoms with Crippen molar-refractivity contribution in [3.63, 3.8) is 0 Å². The van der Waals surface area contributed by atoms with Gasteiger partial charge in [-0.05, 0) is 37.0 Å². The summed E-state index contributed by atoms with van der Waals surface area (Å²) in [6.07, 6.45) is 3.57. The lowest BCUT2D eigenvalue weighted by molar-refractivity contribution is 0.544. The van der Waals surface area contributed by atoms with E-state index in [-0.39, 0.29) is 17.2 Å². The van der Waals surface area contributed by atoms with E-state index in [9.17, 15) is 8.78 Å².